The predicted molar refractivity (Wildman–Crippen MR) is 93.8 cm³/mol. The van der Waals surface area contributed by atoms with Crippen LogP contribution in [0.3, 0.4) is 0 Å². The third-order valence-corrected chi connectivity index (χ3v) is 6.46. The van der Waals surface area contributed by atoms with E-state index in [1.807, 2.05) is 13.0 Å². The number of anilines is 1. The molecule has 0 aliphatic rings. The average Bonchev–Trinajstić information content (AvgIpc) is 2.33. The van der Waals surface area contributed by atoms with Gasteiger partial charge in [0.25, 0.3) is 10.0 Å². The Morgan fingerprint density at radius 1 is 1.10 bits per heavy atom. The minimum absolute atomic E-state index is 0.0469. The van der Waals surface area contributed by atoms with Crippen LogP contribution < -0.4 is 4.72 Å². The number of sulfonamides is 1. The monoisotopic (exact) mass is 471 g/mol. The zero-order valence-corrected chi connectivity index (χ0v) is 16.1. The van der Waals surface area contributed by atoms with Crippen molar-refractivity contribution in [2.45, 2.75) is 11.8 Å². The van der Waals surface area contributed by atoms with Gasteiger partial charge in [-0.3, -0.25) is 4.72 Å². The summed E-state index contributed by atoms with van der Waals surface area (Å²) in [5, 5.41) is 0.0938. The highest BCUT2D eigenvalue weighted by atomic mass is 79.9. The fraction of sp³-hybridized carbons (Fsp3) is 0.0769. The Labute approximate surface area is 150 Å². The van der Waals surface area contributed by atoms with Crippen molar-refractivity contribution >= 4 is 70.8 Å². The molecule has 0 aromatic heterocycles. The first-order chi connectivity index (χ1) is 9.72. The molecule has 0 atom stereocenters. The molecule has 0 saturated heterocycles. The van der Waals surface area contributed by atoms with Crippen LogP contribution in [-0.4, -0.2) is 8.42 Å². The van der Waals surface area contributed by atoms with Gasteiger partial charge in [0.2, 0.25) is 0 Å². The molecule has 0 saturated carbocycles. The topological polar surface area (TPSA) is 46.2 Å². The summed E-state index contributed by atoms with van der Waals surface area (Å²) in [6, 6.07) is 8.22. The number of aryl methyl sites for hydroxylation is 1. The maximum Gasteiger partial charge on any atom is 0.264 e. The van der Waals surface area contributed by atoms with E-state index in [1.165, 1.54) is 12.1 Å². The molecule has 0 radical (unpaired) electrons. The van der Waals surface area contributed by atoms with Crippen molar-refractivity contribution in [2.75, 3.05) is 4.72 Å². The lowest BCUT2D eigenvalue weighted by Crippen LogP contribution is -2.14. The van der Waals surface area contributed by atoms with Gasteiger partial charge in [0.05, 0.1) is 15.7 Å². The van der Waals surface area contributed by atoms with Crippen molar-refractivity contribution in [3.05, 3.63) is 54.9 Å². The Hall–Kier alpha value is -0.270. The van der Waals surface area contributed by atoms with Crippen LogP contribution in [0.4, 0.5) is 5.69 Å². The first kappa shape index (κ1) is 17.1. The largest absolute Gasteiger partial charge is 0.278 e. The van der Waals surface area contributed by atoms with Gasteiger partial charge in [-0.1, -0.05) is 51.3 Å². The lowest BCUT2D eigenvalue weighted by molar-refractivity contribution is 0.601. The molecule has 21 heavy (non-hydrogen) atoms. The third-order valence-electron chi connectivity index (χ3n) is 2.67. The quantitative estimate of drug-likeness (QED) is 0.628. The van der Waals surface area contributed by atoms with E-state index in [1.54, 1.807) is 12.1 Å². The molecule has 2 aromatic rings. The van der Waals surface area contributed by atoms with Gasteiger partial charge in [0.1, 0.15) is 4.90 Å². The Morgan fingerprint density at radius 3 is 2.24 bits per heavy atom. The normalized spacial score (nSPS) is 11.5. The molecule has 2 rings (SSSR count). The summed E-state index contributed by atoms with van der Waals surface area (Å²) in [5.74, 6) is 0. The van der Waals surface area contributed by atoms with E-state index in [0.717, 1.165) is 5.56 Å². The van der Waals surface area contributed by atoms with Gasteiger partial charge in [-0.05, 0) is 46.6 Å². The molecule has 0 aliphatic heterocycles. The molecule has 2 aromatic carbocycles. The minimum Gasteiger partial charge on any atom is -0.278 e. The van der Waals surface area contributed by atoms with Crippen LogP contribution in [-0.2, 0) is 10.0 Å². The number of nitrogens with one attached hydrogen (secondary N) is 1. The molecule has 0 amide bonds. The van der Waals surface area contributed by atoms with Crippen molar-refractivity contribution in [3.63, 3.8) is 0 Å². The van der Waals surface area contributed by atoms with Crippen LogP contribution in [0.25, 0.3) is 0 Å². The SMILES string of the molecule is Cc1cccc(NS(=O)(=O)c2c(Cl)cc(Br)cc2Cl)c1Br. The summed E-state index contributed by atoms with van der Waals surface area (Å²) in [4.78, 5) is -0.151. The van der Waals surface area contributed by atoms with Crippen LogP contribution in [0.5, 0.6) is 0 Å². The second kappa shape index (κ2) is 6.46. The molecule has 8 heteroatoms. The Bertz CT molecular complexity index is 787. The molecule has 112 valence electrons. The van der Waals surface area contributed by atoms with Gasteiger partial charge in [-0.2, -0.15) is 0 Å². The molecule has 1 N–H and O–H groups in total. The van der Waals surface area contributed by atoms with E-state index in [4.69, 9.17) is 23.2 Å². The highest BCUT2D eigenvalue weighted by molar-refractivity contribution is 9.11. The Kier molecular flexibility index (Phi) is 5.26. The molecule has 0 heterocycles. The lowest BCUT2D eigenvalue weighted by atomic mass is 10.2. The van der Waals surface area contributed by atoms with E-state index in [-0.39, 0.29) is 14.9 Å². The summed E-state index contributed by atoms with van der Waals surface area (Å²) in [7, 11) is -3.90. The first-order valence-corrected chi connectivity index (χ1v) is 9.47. The van der Waals surface area contributed by atoms with Gasteiger partial charge >= 0.3 is 0 Å². The Morgan fingerprint density at radius 2 is 1.67 bits per heavy atom. The van der Waals surface area contributed by atoms with Gasteiger partial charge < -0.3 is 0 Å². The van der Waals surface area contributed by atoms with E-state index in [9.17, 15) is 8.42 Å². The third kappa shape index (κ3) is 3.74. The van der Waals surface area contributed by atoms with E-state index >= 15 is 0 Å². The van der Waals surface area contributed by atoms with E-state index in [0.29, 0.717) is 14.6 Å². The van der Waals surface area contributed by atoms with Crippen molar-refractivity contribution in [2.24, 2.45) is 0 Å². The summed E-state index contributed by atoms with van der Waals surface area (Å²) >= 11 is 18.6. The maximum atomic E-state index is 12.5. The number of benzene rings is 2. The fourth-order valence-electron chi connectivity index (χ4n) is 1.71. The smallest absolute Gasteiger partial charge is 0.264 e. The van der Waals surface area contributed by atoms with Gasteiger partial charge in [0.15, 0.2) is 0 Å². The molecule has 0 fully saturated rings. The number of halogens is 4. The predicted octanol–water partition coefficient (Wildman–Crippen LogP) is 5.63. The minimum atomic E-state index is -3.90. The second-order valence-electron chi connectivity index (χ2n) is 4.24. The van der Waals surface area contributed by atoms with Gasteiger partial charge in [-0.25, -0.2) is 8.42 Å². The van der Waals surface area contributed by atoms with Crippen LogP contribution in [0.1, 0.15) is 5.56 Å². The molecular formula is C13H9Br2Cl2NO2S. The number of hydrogen-bond donors (Lipinski definition) is 1. The number of rotatable bonds is 3. The van der Waals surface area contributed by atoms with Crippen LogP contribution in [0, 0.1) is 6.92 Å². The summed E-state index contributed by atoms with van der Waals surface area (Å²) in [5.41, 5.74) is 1.33. The van der Waals surface area contributed by atoms with E-state index < -0.39 is 10.0 Å². The highest BCUT2D eigenvalue weighted by Crippen LogP contribution is 2.35. The van der Waals surface area contributed by atoms with Crippen LogP contribution >= 0.6 is 55.1 Å². The molecular weight excluding hydrogens is 465 g/mol. The summed E-state index contributed by atoms with van der Waals surface area (Å²) < 4.78 is 28.8. The molecule has 0 bridgehead atoms. The lowest BCUT2D eigenvalue weighted by Gasteiger charge is -2.13. The average molecular weight is 474 g/mol. The van der Waals surface area contributed by atoms with Crippen molar-refractivity contribution < 1.29 is 8.42 Å². The molecule has 0 unspecified atom stereocenters. The standard InChI is InChI=1S/C13H9Br2Cl2NO2S/c1-7-3-2-4-11(12(7)15)18-21(19,20)13-9(16)5-8(14)6-10(13)17/h2-6,18H,1H3. The van der Waals surface area contributed by atoms with Crippen molar-refractivity contribution in [1.29, 1.82) is 0 Å². The zero-order chi connectivity index (χ0) is 15.8. The maximum absolute atomic E-state index is 12.5. The van der Waals surface area contributed by atoms with Crippen LogP contribution in [0.2, 0.25) is 10.0 Å². The van der Waals surface area contributed by atoms with Gasteiger partial charge in [0, 0.05) is 8.95 Å². The summed E-state index contributed by atoms with van der Waals surface area (Å²) in [6.45, 7) is 1.86. The second-order valence-corrected chi connectivity index (χ2v) is 8.38. The molecule has 0 aliphatic carbocycles. The fourth-order valence-corrected chi connectivity index (χ4v) is 5.21. The first-order valence-electron chi connectivity index (χ1n) is 5.65. The van der Waals surface area contributed by atoms with Crippen molar-refractivity contribution in [1.82, 2.24) is 0 Å². The highest BCUT2D eigenvalue weighted by Gasteiger charge is 2.23. The van der Waals surface area contributed by atoms with Gasteiger partial charge in [-0.15, -0.1) is 0 Å². The number of hydrogen-bond acceptors (Lipinski definition) is 2. The summed E-state index contributed by atoms with van der Waals surface area (Å²) in [6.07, 6.45) is 0. The molecule has 3 nitrogen and oxygen atoms in total. The molecule has 0 spiro atoms. The van der Waals surface area contributed by atoms with Crippen LogP contribution in [0.15, 0.2) is 44.2 Å². The van der Waals surface area contributed by atoms with Crippen molar-refractivity contribution in [3.8, 4) is 0 Å². The van der Waals surface area contributed by atoms with E-state index in [2.05, 4.69) is 36.6 Å². The Balaban J connectivity index is 2.51. The zero-order valence-electron chi connectivity index (χ0n) is 10.6.